The average molecular weight is 527 g/mol. The van der Waals surface area contributed by atoms with E-state index in [-0.39, 0.29) is 18.5 Å². The maximum atomic E-state index is 12.2. The molecule has 0 aliphatic carbocycles. The van der Waals surface area contributed by atoms with Gasteiger partial charge < -0.3 is 30.1 Å². The Bertz CT molecular complexity index is 1080. The van der Waals surface area contributed by atoms with Crippen molar-refractivity contribution in [3.05, 3.63) is 36.7 Å². The average Bonchev–Trinajstić information content (AvgIpc) is 2.88. The van der Waals surface area contributed by atoms with Crippen LogP contribution in [0.5, 0.6) is 5.75 Å². The molecule has 0 saturated heterocycles. The summed E-state index contributed by atoms with van der Waals surface area (Å²) in [7, 11) is 9.10. The number of likely N-dealkylation sites (N-methyl/N-ethyl adjacent to an activating group) is 3. The first kappa shape index (κ1) is 32.0. The second kappa shape index (κ2) is 16.0. The Labute approximate surface area is 226 Å². The van der Waals surface area contributed by atoms with Crippen LogP contribution in [-0.4, -0.2) is 95.4 Å². The maximum Gasteiger partial charge on any atom is 0.247 e. The van der Waals surface area contributed by atoms with Crippen molar-refractivity contribution in [1.29, 1.82) is 0 Å². The van der Waals surface area contributed by atoms with Gasteiger partial charge >= 0.3 is 0 Å². The number of benzene rings is 1. The number of rotatable bonds is 15. The largest absolute Gasteiger partial charge is 0.495 e. The van der Waals surface area contributed by atoms with E-state index in [9.17, 15) is 9.59 Å². The molecule has 11 heteroatoms. The smallest absolute Gasteiger partial charge is 0.247 e. The molecule has 0 heterocycles. The van der Waals surface area contributed by atoms with E-state index in [0.29, 0.717) is 35.1 Å². The van der Waals surface area contributed by atoms with Gasteiger partial charge in [-0.25, -0.2) is 4.99 Å². The predicted molar refractivity (Wildman–Crippen MR) is 159 cm³/mol. The summed E-state index contributed by atoms with van der Waals surface area (Å²) in [6.45, 7) is 14.7. The van der Waals surface area contributed by atoms with Gasteiger partial charge in [-0.15, -0.1) is 0 Å². The van der Waals surface area contributed by atoms with Gasteiger partial charge in [-0.3, -0.25) is 19.6 Å². The van der Waals surface area contributed by atoms with Gasteiger partial charge in [0, 0.05) is 39.0 Å². The molecule has 0 unspecified atom stereocenters. The van der Waals surface area contributed by atoms with Gasteiger partial charge in [-0.2, -0.15) is 0 Å². The molecule has 0 atom stereocenters. The molecule has 1 aromatic rings. The van der Waals surface area contributed by atoms with Gasteiger partial charge in [0.1, 0.15) is 18.1 Å². The fraction of sp³-hybridized carbons (Fsp3) is 0.444. The fourth-order valence-corrected chi connectivity index (χ4v) is 3.11. The highest BCUT2D eigenvalue weighted by atomic mass is 16.5. The summed E-state index contributed by atoms with van der Waals surface area (Å²) in [6, 6.07) is 3.63. The number of amidine groups is 1. The predicted octanol–water partition coefficient (Wildman–Crippen LogP) is 3.33. The minimum Gasteiger partial charge on any atom is -0.495 e. The van der Waals surface area contributed by atoms with E-state index in [4.69, 9.17) is 4.74 Å². The number of carbonyl (C=O) groups excluding carboxylic acids is 2. The van der Waals surface area contributed by atoms with Crippen LogP contribution in [-0.2, 0) is 9.59 Å². The van der Waals surface area contributed by atoms with Crippen LogP contribution < -0.4 is 20.3 Å². The summed E-state index contributed by atoms with van der Waals surface area (Å²) in [5.74, 6) is 0.749. The van der Waals surface area contributed by atoms with E-state index < -0.39 is 0 Å². The first-order chi connectivity index (χ1) is 18.0. The summed E-state index contributed by atoms with van der Waals surface area (Å²) in [5.41, 5.74) is 3.24. The molecular weight excluding hydrogens is 484 g/mol. The molecule has 1 aromatic carbocycles. The number of methoxy groups -OCH3 is 1. The third kappa shape index (κ3) is 9.81. The molecule has 11 nitrogen and oxygen atoms in total. The van der Waals surface area contributed by atoms with Crippen molar-refractivity contribution in [2.75, 3.05) is 70.6 Å². The molecule has 2 N–H and O–H groups in total. The Morgan fingerprint density at radius 1 is 1.16 bits per heavy atom. The Balaban J connectivity index is 3.45. The van der Waals surface area contributed by atoms with E-state index in [2.05, 4.69) is 43.8 Å². The zero-order chi connectivity index (χ0) is 28.8. The van der Waals surface area contributed by atoms with Crippen LogP contribution in [0.1, 0.15) is 20.8 Å². The highest BCUT2D eigenvalue weighted by Gasteiger charge is 2.17. The zero-order valence-corrected chi connectivity index (χ0v) is 23.9. The second-order valence-electron chi connectivity index (χ2n) is 9.13. The molecule has 1 rings (SSSR count). The lowest BCUT2D eigenvalue weighted by molar-refractivity contribution is -0.114. The summed E-state index contributed by atoms with van der Waals surface area (Å²) in [5, 5.41) is 6.08. The minimum atomic E-state index is -0.332. The molecule has 0 aliphatic heterocycles. The monoisotopic (exact) mass is 526 g/mol. The Morgan fingerprint density at radius 3 is 2.37 bits per heavy atom. The number of hydrogen-bond acceptors (Lipinski definition) is 9. The SMILES string of the molecule is C=CC(=O)Nc1cc(NCN=C(/C(=C\N=C)N=C(C)C(C)C)N(C)C=O)c(OC)cc1N(C)CCN(C)C. The first-order valence-corrected chi connectivity index (χ1v) is 12.2. The van der Waals surface area contributed by atoms with Crippen LogP contribution in [0.15, 0.2) is 51.7 Å². The Morgan fingerprint density at radius 2 is 1.84 bits per heavy atom. The summed E-state index contributed by atoms with van der Waals surface area (Å²) in [4.78, 5) is 42.2. The minimum absolute atomic E-state index is 0.0826. The molecule has 0 bridgehead atoms. The molecule has 2 amide bonds. The number of aliphatic imine (C=N–C) groups is 3. The summed E-state index contributed by atoms with van der Waals surface area (Å²) in [6.07, 6.45) is 3.33. The zero-order valence-electron chi connectivity index (χ0n) is 23.9. The third-order valence-corrected chi connectivity index (χ3v) is 5.62. The van der Waals surface area contributed by atoms with Crippen molar-refractivity contribution in [3.63, 3.8) is 0 Å². The quantitative estimate of drug-likeness (QED) is 0.157. The number of ether oxygens (including phenoxy) is 1. The van der Waals surface area contributed by atoms with Crippen LogP contribution >= 0.6 is 0 Å². The normalized spacial score (nSPS) is 12.3. The number of anilines is 3. The second-order valence-corrected chi connectivity index (χ2v) is 9.13. The molecule has 0 spiro atoms. The van der Waals surface area contributed by atoms with Crippen molar-refractivity contribution < 1.29 is 14.3 Å². The van der Waals surface area contributed by atoms with Gasteiger partial charge in [0.25, 0.3) is 0 Å². The van der Waals surface area contributed by atoms with E-state index in [1.54, 1.807) is 20.2 Å². The van der Waals surface area contributed by atoms with Crippen molar-refractivity contribution in [2.45, 2.75) is 20.8 Å². The van der Waals surface area contributed by atoms with Gasteiger partial charge in [0.05, 0.1) is 30.4 Å². The van der Waals surface area contributed by atoms with Crippen molar-refractivity contribution in [2.24, 2.45) is 20.9 Å². The van der Waals surface area contributed by atoms with Crippen molar-refractivity contribution in [1.82, 2.24) is 9.80 Å². The fourth-order valence-electron chi connectivity index (χ4n) is 3.11. The summed E-state index contributed by atoms with van der Waals surface area (Å²) >= 11 is 0. The van der Waals surface area contributed by atoms with E-state index >= 15 is 0 Å². The third-order valence-electron chi connectivity index (χ3n) is 5.62. The number of carbonyl (C=O) groups is 2. The number of amides is 2. The highest BCUT2D eigenvalue weighted by molar-refractivity contribution is 6.05. The Hall–Kier alpha value is -3.99. The van der Waals surface area contributed by atoms with Gasteiger partial charge in [-0.1, -0.05) is 20.4 Å². The number of nitrogens with zero attached hydrogens (tertiary/aromatic N) is 6. The molecule has 208 valence electrons. The van der Waals surface area contributed by atoms with Crippen molar-refractivity contribution >= 4 is 47.6 Å². The van der Waals surface area contributed by atoms with Crippen LogP contribution in [0.2, 0.25) is 0 Å². The highest BCUT2D eigenvalue weighted by Crippen LogP contribution is 2.36. The molecule has 0 aliphatic rings. The first-order valence-electron chi connectivity index (χ1n) is 12.2. The standard InChI is InChI=1S/C27H42N8O3/c1-11-26(37)32-21-14-22(25(38-10)15-24(21)34(8)13-12-33(6)7)29-17-30-27(35(9)18-36)23(16-28-5)31-20(4)19(2)3/h11,14-16,18-19,29H,1,5,12-13,17H2,2-4,6-10H3,(H,32,37)/b23-16+,30-27?,31-20?. The molecule has 0 aromatic heterocycles. The maximum absolute atomic E-state index is 12.2. The Kier molecular flexibility index (Phi) is 13.5. The summed E-state index contributed by atoms with van der Waals surface area (Å²) < 4.78 is 5.64. The molecule has 0 radical (unpaired) electrons. The van der Waals surface area contributed by atoms with Gasteiger partial charge in [-0.05, 0) is 45.8 Å². The lowest BCUT2D eigenvalue weighted by Gasteiger charge is -2.26. The van der Waals surface area contributed by atoms with E-state index in [1.807, 2.05) is 52.9 Å². The molecule has 0 saturated carbocycles. The van der Waals surface area contributed by atoms with E-state index in [0.717, 1.165) is 24.5 Å². The van der Waals surface area contributed by atoms with Crippen LogP contribution in [0.4, 0.5) is 17.1 Å². The lowest BCUT2D eigenvalue weighted by atomic mass is 10.1. The number of hydrogen-bond donors (Lipinski definition) is 2. The van der Waals surface area contributed by atoms with Gasteiger partial charge in [0.15, 0.2) is 5.84 Å². The molecule has 38 heavy (non-hydrogen) atoms. The molecule has 0 fully saturated rings. The lowest BCUT2D eigenvalue weighted by Crippen LogP contribution is -2.29. The van der Waals surface area contributed by atoms with E-state index in [1.165, 1.54) is 17.2 Å². The topological polar surface area (TPSA) is 114 Å². The molecular formula is C27H42N8O3. The van der Waals surface area contributed by atoms with Gasteiger partial charge in [0.2, 0.25) is 12.3 Å². The van der Waals surface area contributed by atoms with Crippen LogP contribution in [0, 0.1) is 5.92 Å². The number of nitrogens with one attached hydrogen (secondary N) is 2. The van der Waals surface area contributed by atoms with Crippen molar-refractivity contribution in [3.8, 4) is 5.75 Å². The van der Waals surface area contributed by atoms with Crippen LogP contribution in [0.3, 0.4) is 0 Å². The van der Waals surface area contributed by atoms with Crippen LogP contribution in [0.25, 0.3) is 0 Å².